The topological polar surface area (TPSA) is 59.1 Å². The third kappa shape index (κ3) is 7.54. The van der Waals surface area contributed by atoms with E-state index in [-0.39, 0.29) is 5.72 Å². The number of likely N-dealkylation sites (tertiary alicyclic amines) is 2. The van der Waals surface area contributed by atoms with E-state index in [1.54, 1.807) is 0 Å². The molecular formula is C22H40N2O4. The van der Waals surface area contributed by atoms with Crippen molar-refractivity contribution in [2.24, 2.45) is 0 Å². The van der Waals surface area contributed by atoms with Crippen LogP contribution in [0.5, 0.6) is 0 Å². The molecule has 1 atom stereocenters. The van der Waals surface area contributed by atoms with Crippen LogP contribution in [0.15, 0.2) is 0 Å². The van der Waals surface area contributed by atoms with Gasteiger partial charge in [-0.15, -0.1) is 0 Å². The lowest BCUT2D eigenvalue weighted by Crippen LogP contribution is -2.56. The minimum absolute atomic E-state index is 0.326. The normalized spacial score (nSPS) is 21.8. The summed E-state index contributed by atoms with van der Waals surface area (Å²) in [5.41, 5.74) is -0.326. The van der Waals surface area contributed by atoms with Gasteiger partial charge in [0.2, 0.25) is 0 Å². The lowest BCUT2D eigenvalue weighted by atomic mass is 9.96. The van der Waals surface area contributed by atoms with Crippen LogP contribution < -0.4 is 0 Å². The van der Waals surface area contributed by atoms with E-state index in [0.29, 0.717) is 37.2 Å². The number of nitrogens with zero attached hydrogens (tertiary/aromatic N) is 2. The highest BCUT2D eigenvalue weighted by atomic mass is 16.5. The van der Waals surface area contributed by atoms with Crippen molar-refractivity contribution in [2.75, 3.05) is 52.5 Å². The molecule has 28 heavy (non-hydrogen) atoms. The highest BCUT2D eigenvalue weighted by Crippen LogP contribution is 2.31. The first kappa shape index (κ1) is 23.5. The van der Waals surface area contributed by atoms with Crippen LogP contribution in [-0.2, 0) is 19.1 Å². The number of carbonyl (C=O) groups excluding carboxylic acids is 2. The summed E-state index contributed by atoms with van der Waals surface area (Å²) in [6.07, 6.45) is 7.44. The average molecular weight is 397 g/mol. The molecule has 2 rings (SSSR count). The summed E-state index contributed by atoms with van der Waals surface area (Å²) in [4.78, 5) is 28.2. The van der Waals surface area contributed by atoms with Gasteiger partial charge in [-0.05, 0) is 25.7 Å². The van der Waals surface area contributed by atoms with Crippen molar-refractivity contribution in [3.8, 4) is 0 Å². The number of hydrogen-bond donors (Lipinski definition) is 0. The molecule has 0 aliphatic carbocycles. The molecule has 0 spiro atoms. The Bertz CT molecular complexity index is 465. The molecule has 0 N–H and O–H groups in total. The Morgan fingerprint density at radius 3 is 2.04 bits per heavy atom. The van der Waals surface area contributed by atoms with Crippen LogP contribution in [0.2, 0.25) is 0 Å². The average Bonchev–Trinajstić information content (AvgIpc) is 2.71. The lowest BCUT2D eigenvalue weighted by molar-refractivity contribution is -0.178. The van der Waals surface area contributed by atoms with Crippen LogP contribution >= 0.6 is 0 Å². The van der Waals surface area contributed by atoms with Crippen LogP contribution in [0.25, 0.3) is 0 Å². The van der Waals surface area contributed by atoms with Gasteiger partial charge in [0.25, 0.3) is 0 Å². The van der Waals surface area contributed by atoms with Crippen LogP contribution in [0, 0.1) is 0 Å². The van der Waals surface area contributed by atoms with Gasteiger partial charge < -0.3 is 14.4 Å². The zero-order valence-corrected chi connectivity index (χ0v) is 18.0. The molecule has 162 valence electrons. The molecule has 6 nitrogen and oxygen atoms in total. The summed E-state index contributed by atoms with van der Waals surface area (Å²) in [6.45, 7) is 10.8. The Morgan fingerprint density at radius 1 is 0.821 bits per heavy atom. The fraction of sp³-hybridized carbons (Fsp3) is 0.909. The molecule has 0 bridgehead atoms. The van der Waals surface area contributed by atoms with E-state index in [9.17, 15) is 9.59 Å². The first-order valence-electron chi connectivity index (χ1n) is 11.3. The quantitative estimate of drug-likeness (QED) is 0.446. The summed E-state index contributed by atoms with van der Waals surface area (Å²) in [7, 11) is 0. The van der Waals surface area contributed by atoms with Gasteiger partial charge >= 0.3 is 0 Å². The van der Waals surface area contributed by atoms with Gasteiger partial charge in [-0.3, -0.25) is 14.5 Å². The van der Waals surface area contributed by atoms with Crippen molar-refractivity contribution >= 4 is 11.6 Å². The second kappa shape index (κ2) is 12.7. The summed E-state index contributed by atoms with van der Waals surface area (Å²) in [5, 5.41) is 0. The van der Waals surface area contributed by atoms with Gasteiger partial charge in [0.15, 0.2) is 0 Å². The third-order valence-electron chi connectivity index (χ3n) is 5.91. The van der Waals surface area contributed by atoms with Crippen molar-refractivity contribution < 1.29 is 19.1 Å². The maximum atomic E-state index is 11.8. The first-order valence-corrected chi connectivity index (χ1v) is 11.3. The highest BCUT2D eigenvalue weighted by molar-refractivity contribution is 5.79. The van der Waals surface area contributed by atoms with Gasteiger partial charge in [0.05, 0.1) is 0 Å². The van der Waals surface area contributed by atoms with Crippen LogP contribution in [0.4, 0.5) is 0 Å². The molecule has 2 aliphatic rings. The van der Waals surface area contributed by atoms with Crippen molar-refractivity contribution in [3.63, 3.8) is 0 Å². The van der Waals surface area contributed by atoms with Crippen molar-refractivity contribution in [2.45, 2.75) is 77.4 Å². The molecule has 2 aliphatic heterocycles. The van der Waals surface area contributed by atoms with Crippen LogP contribution in [-0.4, -0.2) is 79.6 Å². The molecule has 2 heterocycles. The number of ether oxygens (including phenoxy) is 2. The van der Waals surface area contributed by atoms with Crippen molar-refractivity contribution in [3.05, 3.63) is 0 Å². The molecule has 0 aromatic heterocycles. The van der Waals surface area contributed by atoms with Crippen LogP contribution in [0.3, 0.4) is 0 Å². The Morgan fingerprint density at radius 2 is 1.43 bits per heavy atom. The monoisotopic (exact) mass is 396 g/mol. The predicted molar refractivity (Wildman–Crippen MR) is 110 cm³/mol. The lowest BCUT2D eigenvalue weighted by Gasteiger charge is -2.46. The molecule has 2 saturated heterocycles. The highest BCUT2D eigenvalue weighted by Gasteiger charge is 2.39. The van der Waals surface area contributed by atoms with Crippen molar-refractivity contribution in [1.29, 1.82) is 0 Å². The molecule has 6 heteroatoms. The van der Waals surface area contributed by atoms with E-state index < -0.39 is 0 Å². The second-order valence-electron chi connectivity index (χ2n) is 8.17. The molecule has 2 fully saturated rings. The molecule has 0 aromatic rings. The van der Waals surface area contributed by atoms with Crippen LogP contribution in [0.1, 0.15) is 71.6 Å². The smallest absolute Gasteiger partial charge is 0.135 e. The molecule has 0 saturated carbocycles. The number of hydrogen-bond acceptors (Lipinski definition) is 6. The second-order valence-corrected chi connectivity index (χ2v) is 8.17. The number of carbonyl (C=O) groups is 2. The van der Waals surface area contributed by atoms with Gasteiger partial charge in [-0.1, -0.05) is 13.8 Å². The van der Waals surface area contributed by atoms with Gasteiger partial charge in [-0.25, -0.2) is 0 Å². The number of ketones is 2. The molecule has 1 unspecified atom stereocenters. The zero-order valence-electron chi connectivity index (χ0n) is 18.0. The van der Waals surface area contributed by atoms with Gasteiger partial charge in [-0.2, -0.15) is 0 Å². The van der Waals surface area contributed by atoms with E-state index in [0.717, 1.165) is 84.6 Å². The maximum Gasteiger partial charge on any atom is 0.135 e. The maximum absolute atomic E-state index is 11.8. The Hall–Kier alpha value is -0.820. The Balaban J connectivity index is 2.02. The fourth-order valence-electron chi connectivity index (χ4n) is 4.19. The van der Waals surface area contributed by atoms with E-state index in [2.05, 4.69) is 23.6 Å². The summed E-state index contributed by atoms with van der Waals surface area (Å²) in [5.74, 6) is 0.744. The number of piperidine rings is 2. The zero-order chi connectivity index (χ0) is 20.2. The number of rotatable bonds is 13. The molecule has 0 aromatic carbocycles. The summed E-state index contributed by atoms with van der Waals surface area (Å²) >= 11 is 0. The minimum atomic E-state index is -0.326. The predicted octanol–water partition coefficient (Wildman–Crippen LogP) is 3.04. The largest absolute Gasteiger partial charge is 0.381 e. The van der Waals surface area contributed by atoms with Gasteiger partial charge in [0, 0.05) is 84.6 Å². The summed E-state index contributed by atoms with van der Waals surface area (Å²) in [6, 6.07) is 0. The molecule has 0 radical (unpaired) electrons. The molecule has 0 amide bonds. The minimum Gasteiger partial charge on any atom is -0.381 e. The standard InChI is InChI=1S/C22H40N2O4/c1-3-17-27-19-5-10-22(28-18-4-2,24-14-8-21(26)9-15-24)11-16-23-12-6-20(25)7-13-23/h3-19H2,1-2H3. The number of Topliss-reactive ketones (excluding diaryl/α,β-unsaturated/α-hetero) is 2. The summed E-state index contributed by atoms with van der Waals surface area (Å²) < 4.78 is 12.3. The molecular weight excluding hydrogens is 356 g/mol. The SMILES string of the molecule is CCCOCCCC(CCN1CCC(=O)CC1)(OCCC)N1CCC(=O)CC1. The fourth-order valence-corrected chi connectivity index (χ4v) is 4.19. The van der Waals surface area contributed by atoms with E-state index in [4.69, 9.17) is 9.47 Å². The van der Waals surface area contributed by atoms with E-state index in [1.165, 1.54) is 0 Å². The Kier molecular flexibility index (Phi) is 10.6. The Labute approximate surface area is 170 Å². The van der Waals surface area contributed by atoms with Crippen molar-refractivity contribution in [1.82, 2.24) is 9.80 Å². The van der Waals surface area contributed by atoms with Gasteiger partial charge in [0.1, 0.15) is 17.3 Å². The first-order chi connectivity index (χ1) is 13.6. The third-order valence-corrected chi connectivity index (χ3v) is 5.91. The van der Waals surface area contributed by atoms with E-state index >= 15 is 0 Å². The van der Waals surface area contributed by atoms with E-state index in [1.807, 2.05) is 0 Å².